The van der Waals surface area contributed by atoms with E-state index in [2.05, 4.69) is 10.4 Å². The highest BCUT2D eigenvalue weighted by atomic mass is 19.4. The standard InChI is InChI=1S/C20H20F6N4O3/c1-2-33-18(32)29-8-6-13(7-9-29)28-17(31)15-11-27-30(16(15)20(24,25)26)14-5-3-4-12(10-14)19(21,22)23/h3-5,10-11,13H,2,6-9H2,1H3,(H,28,31). The predicted octanol–water partition coefficient (Wildman–Crippen LogP) is 4.26. The van der Waals surface area contributed by atoms with Crippen LogP contribution in [0.15, 0.2) is 30.5 Å². The lowest BCUT2D eigenvalue weighted by molar-refractivity contribution is -0.143. The Hall–Kier alpha value is -3.25. The molecule has 1 aromatic heterocycles. The van der Waals surface area contributed by atoms with Crippen molar-refractivity contribution in [2.45, 2.75) is 38.2 Å². The lowest BCUT2D eigenvalue weighted by atomic mass is 10.0. The number of nitrogens with zero attached hydrogens (tertiary/aromatic N) is 3. The first-order valence-electron chi connectivity index (χ1n) is 9.97. The van der Waals surface area contributed by atoms with Gasteiger partial charge in [0.05, 0.1) is 29.6 Å². The van der Waals surface area contributed by atoms with Gasteiger partial charge in [-0.25, -0.2) is 9.48 Å². The number of benzene rings is 1. The Labute approximate surface area is 184 Å². The van der Waals surface area contributed by atoms with E-state index in [9.17, 15) is 35.9 Å². The van der Waals surface area contributed by atoms with Crippen LogP contribution < -0.4 is 5.32 Å². The average Bonchev–Trinajstić information content (AvgIpc) is 3.20. The van der Waals surface area contributed by atoms with Crippen LogP contribution in [0.5, 0.6) is 0 Å². The van der Waals surface area contributed by atoms with Crippen molar-refractivity contribution in [1.82, 2.24) is 20.0 Å². The summed E-state index contributed by atoms with van der Waals surface area (Å²) in [5.41, 5.74) is -3.93. The maximum Gasteiger partial charge on any atom is 0.434 e. The minimum atomic E-state index is -5.06. The molecule has 1 aromatic carbocycles. The zero-order valence-electron chi connectivity index (χ0n) is 17.3. The third-order valence-corrected chi connectivity index (χ3v) is 5.06. The van der Waals surface area contributed by atoms with Crippen molar-refractivity contribution >= 4 is 12.0 Å². The molecule has 1 aliphatic rings. The third kappa shape index (κ3) is 5.57. The summed E-state index contributed by atoms with van der Waals surface area (Å²) in [6.45, 7) is 2.35. The molecule has 2 aromatic rings. The molecule has 33 heavy (non-hydrogen) atoms. The normalized spacial score (nSPS) is 15.4. The predicted molar refractivity (Wildman–Crippen MR) is 103 cm³/mol. The summed E-state index contributed by atoms with van der Waals surface area (Å²) >= 11 is 0. The van der Waals surface area contributed by atoms with Gasteiger partial charge in [0.2, 0.25) is 0 Å². The summed E-state index contributed by atoms with van der Waals surface area (Å²) in [5, 5.41) is 6.03. The molecule has 0 aliphatic carbocycles. The highest BCUT2D eigenvalue weighted by molar-refractivity contribution is 5.95. The first kappa shape index (κ1) is 24.4. The zero-order chi connectivity index (χ0) is 24.4. The van der Waals surface area contributed by atoms with E-state index in [0.29, 0.717) is 25.1 Å². The van der Waals surface area contributed by atoms with Crippen molar-refractivity contribution in [1.29, 1.82) is 0 Å². The van der Waals surface area contributed by atoms with Crippen molar-refractivity contribution in [2.75, 3.05) is 19.7 Å². The number of carbonyl (C=O) groups excluding carboxylic acids is 2. The Balaban J connectivity index is 1.81. The number of rotatable bonds is 4. The minimum absolute atomic E-state index is 0.200. The average molecular weight is 478 g/mol. The van der Waals surface area contributed by atoms with E-state index in [-0.39, 0.29) is 24.4 Å². The number of amides is 2. The van der Waals surface area contributed by atoms with Crippen LogP contribution >= 0.6 is 0 Å². The van der Waals surface area contributed by atoms with Crippen LogP contribution in [0.2, 0.25) is 0 Å². The first-order chi connectivity index (χ1) is 15.4. The minimum Gasteiger partial charge on any atom is -0.450 e. The van der Waals surface area contributed by atoms with Crippen LogP contribution in [0.4, 0.5) is 31.1 Å². The SMILES string of the molecule is CCOC(=O)N1CCC(NC(=O)c2cnn(-c3cccc(C(F)(F)F)c3)c2C(F)(F)F)CC1. The molecule has 1 aliphatic heterocycles. The maximum atomic E-state index is 13.8. The van der Waals surface area contributed by atoms with Gasteiger partial charge in [0.15, 0.2) is 5.69 Å². The molecule has 0 unspecified atom stereocenters. The summed E-state index contributed by atoms with van der Waals surface area (Å²) in [5.74, 6) is -1.06. The van der Waals surface area contributed by atoms with E-state index in [4.69, 9.17) is 4.74 Å². The van der Waals surface area contributed by atoms with E-state index in [1.165, 1.54) is 4.90 Å². The van der Waals surface area contributed by atoms with Crippen molar-refractivity contribution in [3.8, 4) is 5.69 Å². The van der Waals surface area contributed by atoms with E-state index >= 15 is 0 Å². The molecule has 1 saturated heterocycles. The molecule has 0 saturated carbocycles. The number of likely N-dealkylation sites (tertiary alicyclic amines) is 1. The zero-order valence-corrected chi connectivity index (χ0v) is 17.3. The Morgan fingerprint density at radius 2 is 1.79 bits per heavy atom. The van der Waals surface area contributed by atoms with Crippen LogP contribution in [0.3, 0.4) is 0 Å². The molecule has 0 spiro atoms. The maximum absolute atomic E-state index is 13.8. The molecule has 180 valence electrons. The van der Waals surface area contributed by atoms with Gasteiger partial charge < -0.3 is 15.0 Å². The van der Waals surface area contributed by atoms with Gasteiger partial charge in [0.25, 0.3) is 5.91 Å². The van der Waals surface area contributed by atoms with Gasteiger partial charge in [-0.3, -0.25) is 4.79 Å². The summed E-state index contributed by atoms with van der Waals surface area (Å²) in [6, 6.07) is 2.73. The van der Waals surface area contributed by atoms with Crippen molar-refractivity contribution in [3.05, 3.63) is 47.3 Å². The van der Waals surface area contributed by atoms with Gasteiger partial charge in [-0.15, -0.1) is 0 Å². The Morgan fingerprint density at radius 3 is 2.36 bits per heavy atom. The molecule has 2 heterocycles. The second-order valence-corrected chi connectivity index (χ2v) is 7.30. The van der Waals surface area contributed by atoms with Crippen LogP contribution in [-0.2, 0) is 17.1 Å². The smallest absolute Gasteiger partial charge is 0.434 e. The molecule has 3 rings (SSSR count). The number of hydrogen-bond donors (Lipinski definition) is 1. The van der Waals surface area contributed by atoms with Gasteiger partial charge in [0.1, 0.15) is 0 Å². The largest absolute Gasteiger partial charge is 0.450 e. The van der Waals surface area contributed by atoms with Crippen LogP contribution in [-0.4, -0.2) is 52.4 Å². The summed E-state index contributed by atoms with van der Waals surface area (Å²) in [7, 11) is 0. The quantitative estimate of drug-likeness (QED) is 0.667. The van der Waals surface area contributed by atoms with E-state index < -0.39 is 52.9 Å². The summed E-state index contributed by atoms with van der Waals surface area (Å²) in [6.07, 6.45) is -9.07. The topological polar surface area (TPSA) is 76.5 Å². The first-order valence-corrected chi connectivity index (χ1v) is 9.97. The van der Waals surface area contributed by atoms with Crippen LogP contribution in [0.1, 0.15) is 41.4 Å². The number of alkyl halides is 6. The molecule has 0 atom stereocenters. The molecule has 1 N–H and O–H groups in total. The van der Waals surface area contributed by atoms with Crippen molar-refractivity contribution in [3.63, 3.8) is 0 Å². The second kappa shape index (κ2) is 9.32. The Kier molecular flexibility index (Phi) is 6.89. The number of aromatic nitrogens is 2. The summed E-state index contributed by atoms with van der Waals surface area (Å²) < 4.78 is 85.5. The highest BCUT2D eigenvalue weighted by Crippen LogP contribution is 2.35. The summed E-state index contributed by atoms with van der Waals surface area (Å²) in [4.78, 5) is 25.8. The highest BCUT2D eigenvalue weighted by Gasteiger charge is 2.41. The third-order valence-electron chi connectivity index (χ3n) is 5.06. The Morgan fingerprint density at radius 1 is 1.12 bits per heavy atom. The van der Waals surface area contributed by atoms with Crippen LogP contribution in [0, 0.1) is 0 Å². The Bertz CT molecular complexity index is 1010. The number of hydrogen-bond acceptors (Lipinski definition) is 4. The van der Waals surface area contributed by atoms with Crippen molar-refractivity contribution in [2.24, 2.45) is 0 Å². The molecule has 13 heteroatoms. The van der Waals surface area contributed by atoms with Gasteiger partial charge in [0, 0.05) is 19.1 Å². The monoisotopic (exact) mass is 478 g/mol. The number of halogens is 6. The molecule has 0 bridgehead atoms. The van der Waals surface area contributed by atoms with E-state index in [1.54, 1.807) is 6.92 Å². The molecule has 0 radical (unpaired) electrons. The molecular formula is C20H20F6N4O3. The van der Waals surface area contributed by atoms with Crippen LogP contribution in [0.25, 0.3) is 5.69 Å². The number of piperidine rings is 1. The van der Waals surface area contributed by atoms with E-state index in [0.717, 1.165) is 18.2 Å². The fourth-order valence-electron chi connectivity index (χ4n) is 3.48. The van der Waals surface area contributed by atoms with Gasteiger partial charge >= 0.3 is 18.4 Å². The fraction of sp³-hybridized carbons (Fsp3) is 0.450. The fourth-order valence-corrected chi connectivity index (χ4v) is 3.48. The molecule has 2 amide bonds. The van der Waals surface area contributed by atoms with Gasteiger partial charge in [-0.1, -0.05) is 6.07 Å². The lowest BCUT2D eigenvalue weighted by Crippen LogP contribution is -2.46. The second-order valence-electron chi connectivity index (χ2n) is 7.30. The van der Waals surface area contributed by atoms with Crippen molar-refractivity contribution < 1.29 is 40.7 Å². The molecule has 7 nitrogen and oxygen atoms in total. The van der Waals surface area contributed by atoms with E-state index in [1.807, 2.05) is 0 Å². The van der Waals surface area contributed by atoms with Gasteiger partial charge in [-0.05, 0) is 38.0 Å². The molecular weight excluding hydrogens is 458 g/mol. The number of carbonyl (C=O) groups is 2. The van der Waals surface area contributed by atoms with Gasteiger partial charge in [-0.2, -0.15) is 31.4 Å². The number of nitrogens with one attached hydrogen (secondary N) is 1. The number of ether oxygens (including phenoxy) is 1. The molecule has 1 fully saturated rings. The lowest BCUT2D eigenvalue weighted by Gasteiger charge is -2.31.